The molecule has 1 aromatic rings. The molecule has 0 radical (unpaired) electrons. The minimum absolute atomic E-state index is 0.315. The summed E-state index contributed by atoms with van der Waals surface area (Å²) < 4.78 is 2.29. The van der Waals surface area contributed by atoms with Gasteiger partial charge in [0.05, 0.1) is 19.6 Å². The number of rotatable bonds is 0. The number of thioether (sulfide) groups is 4. The summed E-state index contributed by atoms with van der Waals surface area (Å²) in [6.45, 7) is 8.20. The Kier molecular flexibility index (Phi) is 3.77. The second-order valence-corrected chi connectivity index (χ2v) is 9.60. The average molecular weight is 343 g/mol. The second kappa shape index (κ2) is 5.16. The molecule has 0 unspecified atom stereocenters. The zero-order chi connectivity index (χ0) is 14.6. The van der Waals surface area contributed by atoms with Crippen molar-refractivity contribution in [1.82, 2.24) is 0 Å². The highest BCUT2D eigenvalue weighted by molar-refractivity contribution is 8.25. The quantitative estimate of drug-likeness (QED) is 0.564. The van der Waals surface area contributed by atoms with Crippen LogP contribution in [0, 0.1) is 0 Å². The predicted octanol–water partition coefficient (Wildman–Crippen LogP) is 6.00. The number of benzene rings is 1. The largest absolute Gasteiger partial charge is 0.505 e. The maximum Gasteiger partial charge on any atom is 0.146 e. The Morgan fingerprint density at radius 2 is 0.850 bits per heavy atom. The minimum atomic E-state index is 0.315. The third-order valence-corrected chi connectivity index (χ3v) is 8.91. The SMILES string of the molecule is CC(C)=C1Sc2c(O)c3c(c(O)c2S1)SC(=C(C)C)S3. The lowest BCUT2D eigenvalue weighted by atomic mass is 10.3. The van der Waals surface area contributed by atoms with Crippen LogP contribution in [0.2, 0.25) is 0 Å². The van der Waals surface area contributed by atoms with E-state index >= 15 is 0 Å². The number of hydrogen-bond donors (Lipinski definition) is 2. The van der Waals surface area contributed by atoms with Crippen molar-refractivity contribution < 1.29 is 10.2 Å². The predicted molar refractivity (Wildman–Crippen MR) is 89.9 cm³/mol. The Hall–Kier alpha value is -0.300. The van der Waals surface area contributed by atoms with Crippen LogP contribution in [0.5, 0.6) is 11.5 Å². The normalized spacial score (nSPS) is 16.4. The summed E-state index contributed by atoms with van der Waals surface area (Å²) in [4.78, 5) is 3.19. The van der Waals surface area contributed by atoms with Gasteiger partial charge in [-0.05, 0) is 27.7 Å². The zero-order valence-electron chi connectivity index (χ0n) is 11.5. The highest BCUT2D eigenvalue weighted by Gasteiger charge is 2.35. The number of allylic oxidation sites excluding steroid dienone is 2. The van der Waals surface area contributed by atoms with Crippen LogP contribution in [-0.2, 0) is 0 Å². The molecule has 0 spiro atoms. The summed E-state index contributed by atoms with van der Waals surface area (Å²) in [5.74, 6) is 0.630. The van der Waals surface area contributed by atoms with Gasteiger partial charge < -0.3 is 10.2 Å². The highest BCUT2D eigenvalue weighted by atomic mass is 32.2. The van der Waals surface area contributed by atoms with Crippen LogP contribution in [-0.4, -0.2) is 10.2 Å². The molecule has 0 amide bonds. The summed E-state index contributed by atoms with van der Waals surface area (Å²) >= 11 is 6.22. The van der Waals surface area contributed by atoms with Crippen molar-refractivity contribution in [3.63, 3.8) is 0 Å². The van der Waals surface area contributed by atoms with Gasteiger partial charge in [-0.2, -0.15) is 0 Å². The van der Waals surface area contributed by atoms with Crippen molar-refractivity contribution in [3.8, 4) is 11.5 Å². The van der Waals surface area contributed by atoms with Gasteiger partial charge in [0.25, 0.3) is 0 Å². The Balaban J connectivity index is 2.17. The first kappa shape index (κ1) is 14.6. The molecule has 2 aliphatic heterocycles. The molecule has 6 heteroatoms. The van der Waals surface area contributed by atoms with E-state index in [0.29, 0.717) is 11.5 Å². The smallest absolute Gasteiger partial charge is 0.146 e. The first-order valence-corrected chi connectivity index (χ1v) is 9.35. The molecule has 0 aromatic heterocycles. The molecular formula is C14H14O2S4. The molecule has 0 aliphatic carbocycles. The van der Waals surface area contributed by atoms with Crippen molar-refractivity contribution >= 4 is 47.0 Å². The van der Waals surface area contributed by atoms with Gasteiger partial charge in [0.15, 0.2) is 0 Å². The molecule has 0 bridgehead atoms. The lowest BCUT2D eigenvalue weighted by Gasteiger charge is -2.08. The van der Waals surface area contributed by atoms with Crippen molar-refractivity contribution in [1.29, 1.82) is 0 Å². The Bertz CT molecular complexity index is 581. The fourth-order valence-electron chi connectivity index (χ4n) is 1.84. The third kappa shape index (κ3) is 2.17. The Labute approximate surface area is 135 Å². The van der Waals surface area contributed by atoms with Gasteiger partial charge in [-0.15, -0.1) is 0 Å². The number of phenolic OH excluding ortho intramolecular Hbond substituents is 2. The van der Waals surface area contributed by atoms with E-state index in [1.54, 1.807) is 47.0 Å². The lowest BCUT2D eigenvalue weighted by Crippen LogP contribution is -1.81. The van der Waals surface area contributed by atoms with Gasteiger partial charge in [0, 0.05) is 8.47 Å². The van der Waals surface area contributed by atoms with Crippen LogP contribution >= 0.6 is 47.0 Å². The minimum Gasteiger partial charge on any atom is -0.505 e. The van der Waals surface area contributed by atoms with E-state index in [-0.39, 0.29) is 0 Å². The van der Waals surface area contributed by atoms with Gasteiger partial charge in [-0.25, -0.2) is 0 Å². The second-order valence-electron chi connectivity index (χ2n) is 5.00. The van der Waals surface area contributed by atoms with Crippen molar-refractivity contribution in [2.45, 2.75) is 47.3 Å². The van der Waals surface area contributed by atoms with Crippen LogP contribution < -0.4 is 0 Å². The van der Waals surface area contributed by atoms with E-state index in [0.717, 1.165) is 28.1 Å². The molecule has 2 aliphatic rings. The fourth-order valence-corrected chi connectivity index (χ4v) is 6.91. The van der Waals surface area contributed by atoms with E-state index in [1.807, 2.05) is 27.7 Å². The van der Waals surface area contributed by atoms with Gasteiger partial charge in [0.2, 0.25) is 0 Å². The topological polar surface area (TPSA) is 40.5 Å². The van der Waals surface area contributed by atoms with Crippen molar-refractivity contribution in [3.05, 3.63) is 19.6 Å². The molecule has 2 N–H and O–H groups in total. The third-order valence-electron chi connectivity index (χ3n) is 2.87. The zero-order valence-corrected chi connectivity index (χ0v) is 14.8. The summed E-state index contributed by atoms with van der Waals surface area (Å²) in [5.41, 5.74) is 2.42. The molecule has 0 saturated heterocycles. The summed E-state index contributed by atoms with van der Waals surface area (Å²) in [6, 6.07) is 0. The van der Waals surface area contributed by atoms with Gasteiger partial charge in [-0.1, -0.05) is 58.2 Å². The molecule has 2 nitrogen and oxygen atoms in total. The van der Waals surface area contributed by atoms with Crippen LogP contribution in [0.1, 0.15) is 27.7 Å². The maximum atomic E-state index is 10.5. The monoisotopic (exact) mass is 342 g/mol. The fraction of sp³-hybridized carbons (Fsp3) is 0.286. The van der Waals surface area contributed by atoms with Crippen molar-refractivity contribution in [2.24, 2.45) is 0 Å². The molecule has 0 fully saturated rings. The van der Waals surface area contributed by atoms with Gasteiger partial charge in [0.1, 0.15) is 11.5 Å². The highest BCUT2D eigenvalue weighted by Crippen LogP contribution is 2.67. The van der Waals surface area contributed by atoms with E-state index in [2.05, 4.69) is 0 Å². The van der Waals surface area contributed by atoms with E-state index < -0.39 is 0 Å². The summed E-state index contributed by atoms with van der Waals surface area (Å²) in [5, 5.41) is 21.1. The number of hydrogen-bond acceptors (Lipinski definition) is 6. The molecule has 106 valence electrons. The van der Waals surface area contributed by atoms with E-state index in [9.17, 15) is 10.2 Å². The molecule has 20 heavy (non-hydrogen) atoms. The van der Waals surface area contributed by atoms with E-state index in [1.165, 1.54) is 11.1 Å². The van der Waals surface area contributed by atoms with Gasteiger partial charge in [-0.3, -0.25) is 0 Å². The van der Waals surface area contributed by atoms with Gasteiger partial charge >= 0.3 is 0 Å². The van der Waals surface area contributed by atoms with E-state index in [4.69, 9.17) is 0 Å². The lowest BCUT2D eigenvalue weighted by molar-refractivity contribution is 0.411. The number of fused-ring (bicyclic) bond motifs is 2. The van der Waals surface area contributed by atoms with Crippen LogP contribution in [0.15, 0.2) is 39.2 Å². The van der Waals surface area contributed by atoms with Crippen molar-refractivity contribution in [2.75, 3.05) is 0 Å². The summed E-state index contributed by atoms with van der Waals surface area (Å²) in [7, 11) is 0. The number of phenols is 2. The average Bonchev–Trinajstić information content (AvgIpc) is 3.00. The Morgan fingerprint density at radius 1 is 0.600 bits per heavy atom. The summed E-state index contributed by atoms with van der Waals surface area (Å²) in [6.07, 6.45) is 0. The first-order chi connectivity index (χ1) is 9.40. The molecule has 1 aromatic carbocycles. The maximum absolute atomic E-state index is 10.5. The molecule has 0 saturated carbocycles. The van der Waals surface area contributed by atoms with Crippen LogP contribution in [0.25, 0.3) is 0 Å². The van der Waals surface area contributed by atoms with Crippen LogP contribution in [0.3, 0.4) is 0 Å². The molecule has 3 rings (SSSR count). The molecule has 0 atom stereocenters. The first-order valence-electron chi connectivity index (χ1n) is 6.08. The Morgan fingerprint density at radius 3 is 1.05 bits per heavy atom. The molecular weight excluding hydrogens is 328 g/mol. The van der Waals surface area contributed by atoms with Crippen LogP contribution in [0.4, 0.5) is 0 Å². The molecule has 2 heterocycles. The number of aromatic hydroxyl groups is 2. The standard InChI is InChI=1S/C14H14O2S4/c1-5(2)13-17-9-7(15)11-12(8(16)10(9)18-13)20-14(19-11)6(3)4/h15-16H,1-4H3.